The molecule has 1 aromatic rings. The van der Waals surface area contributed by atoms with Crippen LogP contribution in [-0.4, -0.2) is 18.1 Å². The number of carbonyl (C=O) groups excluding carboxylic acids is 1. The molecular weight excluding hydrogens is 288 g/mol. The molecule has 1 aromatic carbocycles. The van der Waals surface area contributed by atoms with E-state index < -0.39 is 11.0 Å². The van der Waals surface area contributed by atoms with Gasteiger partial charge in [0.1, 0.15) is 0 Å². The Bertz CT molecular complexity index is 602. The van der Waals surface area contributed by atoms with Crippen LogP contribution in [0.15, 0.2) is 60.4 Å². The molecule has 1 atom stereocenters. The second-order valence-corrected chi connectivity index (χ2v) is 5.24. The summed E-state index contributed by atoms with van der Waals surface area (Å²) in [5.41, 5.74) is 2.20. The first-order valence-electron chi connectivity index (χ1n) is 6.65. The molecule has 0 heterocycles. The molecule has 1 aliphatic rings. The lowest BCUT2D eigenvalue weighted by Crippen LogP contribution is -2.26. The lowest BCUT2D eigenvalue weighted by atomic mass is 9.98. The maximum absolute atomic E-state index is 11.5. The van der Waals surface area contributed by atoms with Gasteiger partial charge in [0, 0.05) is 6.42 Å². The van der Waals surface area contributed by atoms with Crippen LogP contribution in [0.3, 0.4) is 0 Å². The Morgan fingerprint density at radius 3 is 2.57 bits per heavy atom. The summed E-state index contributed by atoms with van der Waals surface area (Å²) in [6, 6.07) is 10.0. The van der Waals surface area contributed by atoms with Gasteiger partial charge in [-0.1, -0.05) is 54.1 Å². The van der Waals surface area contributed by atoms with Crippen molar-refractivity contribution in [2.45, 2.75) is 18.4 Å². The van der Waals surface area contributed by atoms with Crippen LogP contribution in [0.4, 0.5) is 0 Å². The van der Waals surface area contributed by atoms with Crippen LogP contribution < -0.4 is 0 Å². The van der Waals surface area contributed by atoms with Crippen LogP contribution in [0.25, 0.3) is 5.57 Å². The number of methoxy groups -OCH3 is 1. The molecule has 0 radical (unpaired) electrons. The molecule has 0 saturated heterocycles. The summed E-state index contributed by atoms with van der Waals surface area (Å²) in [6.45, 7) is 1.70. The van der Waals surface area contributed by atoms with Crippen molar-refractivity contribution >= 4 is 23.1 Å². The number of alkyl halides is 1. The highest BCUT2D eigenvalue weighted by molar-refractivity contribution is 6.25. The minimum absolute atomic E-state index is 0.105. The maximum Gasteiger partial charge on any atom is 0.373 e. The van der Waals surface area contributed by atoms with Crippen LogP contribution in [0.2, 0.25) is 0 Å². The third-order valence-electron chi connectivity index (χ3n) is 3.15. The fourth-order valence-electron chi connectivity index (χ4n) is 2.02. The van der Waals surface area contributed by atoms with Gasteiger partial charge in [0.25, 0.3) is 0 Å². The first-order chi connectivity index (χ1) is 10.1. The topological polar surface area (TPSA) is 35.5 Å². The van der Waals surface area contributed by atoms with E-state index in [1.165, 1.54) is 7.11 Å². The summed E-state index contributed by atoms with van der Waals surface area (Å²) >= 11 is 6.40. The van der Waals surface area contributed by atoms with Crippen molar-refractivity contribution in [3.63, 3.8) is 0 Å². The molecule has 0 aliphatic heterocycles. The van der Waals surface area contributed by atoms with Gasteiger partial charge in [-0.25, -0.2) is 4.79 Å². The Labute approximate surface area is 129 Å². The number of hydrogen-bond donors (Lipinski definition) is 0. The van der Waals surface area contributed by atoms with Crippen molar-refractivity contribution in [3.05, 3.63) is 66.0 Å². The number of ether oxygens (including phenoxy) is 2. The number of hydrogen-bond acceptors (Lipinski definition) is 3. The molecule has 0 saturated carbocycles. The molecule has 0 fully saturated rings. The van der Waals surface area contributed by atoms with Crippen molar-refractivity contribution in [3.8, 4) is 0 Å². The number of carbonyl (C=O) groups is 1. The van der Waals surface area contributed by atoms with E-state index in [0.29, 0.717) is 6.42 Å². The Balaban J connectivity index is 2.11. The number of rotatable bonds is 4. The van der Waals surface area contributed by atoms with Crippen LogP contribution in [0.1, 0.15) is 18.9 Å². The van der Waals surface area contributed by atoms with Crippen molar-refractivity contribution in [2.75, 3.05) is 7.11 Å². The first kappa shape index (κ1) is 15.4. The Morgan fingerprint density at radius 1 is 1.33 bits per heavy atom. The predicted octanol–water partition coefficient (Wildman–Crippen LogP) is 4.06. The van der Waals surface area contributed by atoms with Gasteiger partial charge in [-0.15, -0.1) is 0 Å². The normalized spacial score (nSPS) is 21.7. The van der Waals surface area contributed by atoms with Gasteiger partial charge < -0.3 is 9.47 Å². The molecule has 0 amide bonds. The highest BCUT2D eigenvalue weighted by Gasteiger charge is 2.30. The second-order valence-electron chi connectivity index (χ2n) is 4.60. The van der Waals surface area contributed by atoms with E-state index in [2.05, 4.69) is 4.74 Å². The minimum Gasteiger partial charge on any atom is -0.463 e. The number of esters is 1. The molecule has 1 unspecified atom stereocenters. The van der Waals surface area contributed by atoms with Crippen LogP contribution in [0.5, 0.6) is 0 Å². The lowest BCUT2D eigenvalue weighted by molar-refractivity contribution is -0.141. The number of benzene rings is 1. The average Bonchev–Trinajstić information content (AvgIpc) is 2.53. The molecule has 3 nitrogen and oxygen atoms in total. The zero-order valence-electron chi connectivity index (χ0n) is 12.0. The summed E-state index contributed by atoms with van der Waals surface area (Å²) < 4.78 is 10.2. The zero-order valence-corrected chi connectivity index (χ0v) is 12.8. The molecule has 0 N–H and O–H groups in total. The summed E-state index contributed by atoms with van der Waals surface area (Å²) in [5, 5.41) is -1.06. The van der Waals surface area contributed by atoms with E-state index in [4.69, 9.17) is 16.3 Å². The smallest absolute Gasteiger partial charge is 0.373 e. The van der Waals surface area contributed by atoms with Crippen molar-refractivity contribution < 1.29 is 14.3 Å². The maximum atomic E-state index is 11.5. The molecule has 1 aliphatic carbocycles. The predicted molar refractivity (Wildman–Crippen MR) is 83.6 cm³/mol. The summed E-state index contributed by atoms with van der Waals surface area (Å²) in [7, 11) is 1.31. The van der Waals surface area contributed by atoms with Gasteiger partial charge in [-0.3, -0.25) is 0 Å². The summed E-state index contributed by atoms with van der Waals surface area (Å²) in [5.74, 6) is -0.433. The standard InChI is InChI=1S/C17H17ClO3/c1-3-15(16(19)20-2)21-17(18)11-9-14(10-12-17)13-7-5-4-6-8-13/h3-11H,12H2,1-2H3. The van der Waals surface area contributed by atoms with Gasteiger partial charge in [0.15, 0.2) is 0 Å². The fraction of sp³-hybridized carbons (Fsp3) is 0.235. The number of halogens is 1. The van der Waals surface area contributed by atoms with Gasteiger partial charge in [0.2, 0.25) is 10.8 Å². The molecule has 0 aromatic heterocycles. The van der Waals surface area contributed by atoms with Crippen LogP contribution in [0, 0.1) is 0 Å². The third-order valence-corrected chi connectivity index (χ3v) is 3.51. The van der Waals surface area contributed by atoms with E-state index in [0.717, 1.165) is 11.1 Å². The Morgan fingerprint density at radius 2 is 2.05 bits per heavy atom. The van der Waals surface area contributed by atoms with Gasteiger partial charge in [-0.05, 0) is 30.2 Å². The van der Waals surface area contributed by atoms with E-state index >= 15 is 0 Å². The largest absolute Gasteiger partial charge is 0.463 e. The van der Waals surface area contributed by atoms with Crippen molar-refractivity contribution in [1.29, 1.82) is 0 Å². The Kier molecular flexibility index (Phi) is 4.86. The minimum atomic E-state index is -1.06. The van der Waals surface area contributed by atoms with E-state index in [1.807, 2.05) is 42.5 Å². The molecule has 0 spiro atoms. The first-order valence-corrected chi connectivity index (χ1v) is 7.03. The summed E-state index contributed by atoms with van der Waals surface area (Å²) in [6.07, 6.45) is 7.65. The number of allylic oxidation sites excluding steroid dienone is 3. The Hall–Kier alpha value is -2.00. The highest BCUT2D eigenvalue weighted by atomic mass is 35.5. The van der Waals surface area contributed by atoms with E-state index in [9.17, 15) is 4.79 Å². The molecular formula is C17H17ClO3. The van der Waals surface area contributed by atoms with E-state index in [1.54, 1.807) is 19.1 Å². The summed E-state index contributed by atoms with van der Waals surface area (Å²) in [4.78, 5) is 11.5. The van der Waals surface area contributed by atoms with Crippen LogP contribution >= 0.6 is 11.6 Å². The quantitative estimate of drug-likeness (QED) is 0.364. The van der Waals surface area contributed by atoms with Crippen LogP contribution in [-0.2, 0) is 14.3 Å². The average molecular weight is 305 g/mol. The fourth-order valence-corrected chi connectivity index (χ4v) is 2.24. The molecule has 21 heavy (non-hydrogen) atoms. The SMILES string of the molecule is CC=C(OC1(Cl)C=CC(c2ccccc2)=CC1)C(=O)OC. The molecule has 110 valence electrons. The van der Waals surface area contributed by atoms with Gasteiger partial charge >= 0.3 is 5.97 Å². The third kappa shape index (κ3) is 3.76. The molecule has 2 rings (SSSR count). The second kappa shape index (κ2) is 6.64. The zero-order chi connectivity index (χ0) is 15.3. The highest BCUT2D eigenvalue weighted by Crippen LogP contribution is 2.34. The van der Waals surface area contributed by atoms with Gasteiger partial charge in [0.05, 0.1) is 7.11 Å². The monoisotopic (exact) mass is 304 g/mol. The van der Waals surface area contributed by atoms with Crippen molar-refractivity contribution in [1.82, 2.24) is 0 Å². The molecule has 0 bridgehead atoms. The lowest BCUT2D eigenvalue weighted by Gasteiger charge is -2.27. The van der Waals surface area contributed by atoms with Gasteiger partial charge in [-0.2, -0.15) is 0 Å². The van der Waals surface area contributed by atoms with Crippen molar-refractivity contribution in [2.24, 2.45) is 0 Å². The van der Waals surface area contributed by atoms with E-state index in [-0.39, 0.29) is 5.76 Å². The molecule has 4 heteroatoms.